The summed E-state index contributed by atoms with van der Waals surface area (Å²) < 4.78 is 17.4. The molecule has 182 valence electrons. The van der Waals surface area contributed by atoms with Gasteiger partial charge in [-0.3, -0.25) is 24.3 Å². The fourth-order valence-electron chi connectivity index (χ4n) is 7.39. The van der Waals surface area contributed by atoms with E-state index in [0.29, 0.717) is 29.6 Å². The minimum atomic E-state index is -0.404. The van der Waals surface area contributed by atoms with Crippen LogP contribution >= 0.6 is 0 Å². The van der Waals surface area contributed by atoms with Gasteiger partial charge in [-0.25, -0.2) is 4.39 Å². The predicted molar refractivity (Wildman–Crippen MR) is 125 cm³/mol. The number of amides is 1. The van der Waals surface area contributed by atoms with Crippen LogP contribution in [-0.4, -0.2) is 30.4 Å². The van der Waals surface area contributed by atoms with E-state index in [4.69, 9.17) is 0 Å². The van der Waals surface area contributed by atoms with Crippen molar-refractivity contribution in [3.8, 4) is 0 Å². The largest absolute Gasteiger partial charge is 0.309 e. The van der Waals surface area contributed by atoms with E-state index >= 15 is 0 Å². The van der Waals surface area contributed by atoms with E-state index in [-0.39, 0.29) is 34.9 Å². The van der Waals surface area contributed by atoms with Crippen molar-refractivity contribution < 1.29 is 14.1 Å². The molecule has 0 radical (unpaired) electrons. The highest BCUT2D eigenvalue weighted by atomic mass is 19.1. The number of carbonyl (C=O) groups excluding carboxylic acids is 1. The molecule has 1 amide bonds. The topological polar surface area (TPSA) is 108 Å². The van der Waals surface area contributed by atoms with Crippen LogP contribution in [0.15, 0.2) is 48.9 Å². The molecular formula is C25H27FN6O3. The van der Waals surface area contributed by atoms with E-state index < -0.39 is 4.92 Å². The average Bonchev–Trinajstić information content (AvgIpc) is 3.44. The lowest BCUT2D eigenvalue weighted by Gasteiger charge is -2.61. The maximum absolute atomic E-state index is 14.0. The van der Waals surface area contributed by atoms with Crippen molar-refractivity contribution in [2.75, 3.05) is 5.32 Å². The quantitative estimate of drug-likeness (QED) is 0.397. The zero-order valence-electron chi connectivity index (χ0n) is 19.3. The second kappa shape index (κ2) is 8.00. The fraction of sp³-hybridized carbons (Fsp3) is 0.480. The number of nitro groups is 1. The molecule has 0 aliphatic heterocycles. The highest BCUT2D eigenvalue weighted by molar-refractivity contribution is 5.90. The third kappa shape index (κ3) is 4.00. The number of halogens is 1. The highest BCUT2D eigenvalue weighted by Crippen LogP contribution is 2.65. The summed E-state index contributed by atoms with van der Waals surface area (Å²) in [5, 5.41) is 22.9. The van der Waals surface area contributed by atoms with E-state index in [1.54, 1.807) is 41.3 Å². The van der Waals surface area contributed by atoms with Gasteiger partial charge >= 0.3 is 5.69 Å². The maximum atomic E-state index is 14.0. The normalized spacial score (nSPS) is 28.8. The number of nitrogens with one attached hydrogen (secondary N) is 1. The van der Waals surface area contributed by atoms with Crippen molar-refractivity contribution in [3.63, 3.8) is 0 Å². The Morgan fingerprint density at radius 3 is 2.69 bits per heavy atom. The van der Waals surface area contributed by atoms with Crippen LogP contribution in [0.5, 0.6) is 0 Å². The summed E-state index contributed by atoms with van der Waals surface area (Å²) in [5.74, 6) is 1.10. The Kier molecular flexibility index (Phi) is 5.01. The molecule has 9 nitrogen and oxygen atoms in total. The Balaban J connectivity index is 1.16. The molecule has 2 heterocycles. The molecule has 10 heteroatoms. The zero-order valence-corrected chi connectivity index (χ0v) is 19.3. The smallest absolute Gasteiger partial charge is 0.307 e. The van der Waals surface area contributed by atoms with Gasteiger partial charge in [0.05, 0.1) is 17.0 Å². The van der Waals surface area contributed by atoms with Gasteiger partial charge in [0.15, 0.2) is 5.82 Å². The highest BCUT2D eigenvalue weighted by Gasteiger charge is 2.59. The minimum absolute atomic E-state index is 0.0125. The van der Waals surface area contributed by atoms with Crippen LogP contribution in [0.2, 0.25) is 0 Å². The van der Waals surface area contributed by atoms with E-state index in [2.05, 4.69) is 15.5 Å². The van der Waals surface area contributed by atoms with Crippen LogP contribution in [0.3, 0.4) is 0 Å². The molecule has 4 bridgehead atoms. The van der Waals surface area contributed by atoms with Crippen molar-refractivity contribution in [1.82, 2.24) is 19.6 Å². The van der Waals surface area contributed by atoms with Gasteiger partial charge in [0.1, 0.15) is 18.2 Å². The average molecular weight is 479 g/mol. The van der Waals surface area contributed by atoms with Crippen LogP contribution in [0, 0.1) is 33.2 Å². The SMILES string of the molecule is O=C(CC12CC3CC(C1)CC(n1cc([N+](=O)[O-])cn1)(C3)C2)Nc1ccn(Cc2ccccc2F)n1. The summed E-state index contributed by atoms with van der Waals surface area (Å²) in [4.78, 5) is 23.9. The first-order valence-electron chi connectivity index (χ1n) is 12.1. The van der Waals surface area contributed by atoms with Crippen molar-refractivity contribution >= 4 is 17.4 Å². The maximum Gasteiger partial charge on any atom is 0.307 e. The van der Waals surface area contributed by atoms with Gasteiger partial charge in [-0.15, -0.1) is 0 Å². The predicted octanol–water partition coefficient (Wildman–Crippen LogP) is 4.50. The van der Waals surface area contributed by atoms with Crippen molar-refractivity contribution in [1.29, 1.82) is 0 Å². The van der Waals surface area contributed by atoms with Crippen LogP contribution in [0.25, 0.3) is 0 Å². The van der Waals surface area contributed by atoms with Crippen LogP contribution in [0.4, 0.5) is 15.9 Å². The molecule has 1 N–H and O–H groups in total. The van der Waals surface area contributed by atoms with Crippen molar-refractivity contribution in [2.45, 2.75) is 57.0 Å². The number of benzene rings is 1. The lowest BCUT2D eigenvalue weighted by Crippen LogP contribution is -2.57. The molecule has 4 aliphatic carbocycles. The Bertz CT molecular complexity index is 1290. The monoisotopic (exact) mass is 478 g/mol. The van der Waals surface area contributed by atoms with E-state index in [1.807, 2.05) is 4.68 Å². The lowest BCUT2D eigenvalue weighted by atomic mass is 9.46. The van der Waals surface area contributed by atoms with Crippen LogP contribution in [0.1, 0.15) is 50.5 Å². The first kappa shape index (κ1) is 21.9. The van der Waals surface area contributed by atoms with Crippen LogP contribution < -0.4 is 5.32 Å². The molecular weight excluding hydrogens is 451 g/mol. The number of rotatable bonds is 7. The standard InChI is InChI=1S/C25H27FN6O3/c26-21-4-2-1-3-19(21)14-30-6-5-22(29-30)28-23(33)12-24-8-17-7-18(9-24)11-25(10-17,16-24)31-15-20(13-27-31)32(34)35/h1-6,13,15,17-18H,7-12,14,16H2,(H,28,29,33). The Labute approximate surface area is 201 Å². The second-order valence-electron chi connectivity index (χ2n) is 10.8. The summed E-state index contributed by atoms with van der Waals surface area (Å²) in [6.45, 7) is 0.286. The third-order valence-corrected chi connectivity index (χ3v) is 8.15. The minimum Gasteiger partial charge on any atom is -0.309 e. The molecule has 35 heavy (non-hydrogen) atoms. The molecule has 4 aliphatic rings. The van der Waals surface area contributed by atoms with Gasteiger partial charge in [0.25, 0.3) is 0 Å². The molecule has 2 aromatic heterocycles. The Hall–Kier alpha value is -3.56. The van der Waals surface area contributed by atoms with Gasteiger partial charge in [0.2, 0.25) is 5.91 Å². The lowest BCUT2D eigenvalue weighted by molar-refractivity contribution is -0.385. The fourth-order valence-corrected chi connectivity index (χ4v) is 7.39. The molecule has 1 aromatic carbocycles. The molecule has 3 aromatic rings. The Morgan fingerprint density at radius 2 is 1.97 bits per heavy atom. The van der Waals surface area contributed by atoms with Crippen LogP contribution in [-0.2, 0) is 16.9 Å². The first-order chi connectivity index (χ1) is 16.8. The van der Waals surface area contributed by atoms with Gasteiger partial charge in [-0.1, -0.05) is 18.2 Å². The molecule has 7 rings (SSSR count). The molecule has 4 saturated carbocycles. The zero-order chi connectivity index (χ0) is 24.2. The Morgan fingerprint density at radius 1 is 1.20 bits per heavy atom. The molecule has 4 fully saturated rings. The molecule has 0 saturated heterocycles. The van der Waals surface area contributed by atoms with Gasteiger partial charge < -0.3 is 5.32 Å². The van der Waals surface area contributed by atoms with Crippen molar-refractivity contribution in [3.05, 3.63) is 70.4 Å². The summed E-state index contributed by atoms with van der Waals surface area (Å²) >= 11 is 0. The van der Waals surface area contributed by atoms with Crippen molar-refractivity contribution in [2.24, 2.45) is 17.3 Å². The van der Waals surface area contributed by atoms with E-state index in [1.165, 1.54) is 12.3 Å². The van der Waals surface area contributed by atoms with Gasteiger partial charge in [-0.2, -0.15) is 10.2 Å². The summed E-state index contributed by atoms with van der Waals surface area (Å²) in [6.07, 6.45) is 10.9. The number of hydrogen-bond acceptors (Lipinski definition) is 5. The number of aromatic nitrogens is 4. The molecule has 2 unspecified atom stereocenters. The molecule has 0 spiro atoms. The first-order valence-corrected chi connectivity index (χ1v) is 12.1. The summed E-state index contributed by atoms with van der Waals surface area (Å²) in [6, 6.07) is 8.29. The summed E-state index contributed by atoms with van der Waals surface area (Å²) in [7, 11) is 0. The van der Waals surface area contributed by atoms with Gasteiger partial charge in [0, 0.05) is 24.2 Å². The number of carbonyl (C=O) groups is 1. The second-order valence-corrected chi connectivity index (χ2v) is 10.8. The third-order valence-electron chi connectivity index (χ3n) is 8.15. The number of hydrogen-bond donors (Lipinski definition) is 1. The van der Waals surface area contributed by atoms with E-state index in [9.17, 15) is 19.3 Å². The van der Waals surface area contributed by atoms with E-state index in [0.717, 1.165) is 38.5 Å². The molecule has 2 atom stereocenters. The number of nitrogens with zero attached hydrogens (tertiary/aromatic N) is 5. The summed E-state index contributed by atoms with van der Waals surface area (Å²) in [5.41, 5.74) is 0.162. The number of anilines is 1. The van der Waals surface area contributed by atoms with Gasteiger partial charge in [-0.05, 0) is 61.8 Å².